The number of halogens is 1. The van der Waals surface area contributed by atoms with Crippen molar-refractivity contribution >= 4 is 44.7 Å². The van der Waals surface area contributed by atoms with E-state index in [0.717, 1.165) is 10.0 Å². The fraction of sp³-hybridized carbons (Fsp3) is 0.312. The lowest BCUT2D eigenvalue weighted by Gasteiger charge is -2.25. The molecule has 0 fully saturated rings. The Labute approximate surface area is 153 Å². The van der Waals surface area contributed by atoms with Crippen molar-refractivity contribution < 1.29 is 14.3 Å². The summed E-state index contributed by atoms with van der Waals surface area (Å²) in [5.74, 6) is -0.726. The van der Waals surface area contributed by atoms with Gasteiger partial charge in [-0.25, -0.2) is 9.79 Å². The number of primary amides is 1. The van der Waals surface area contributed by atoms with E-state index in [-0.39, 0.29) is 12.4 Å². The molecule has 8 heteroatoms. The van der Waals surface area contributed by atoms with Gasteiger partial charge in [-0.3, -0.25) is 4.79 Å². The van der Waals surface area contributed by atoms with Crippen LogP contribution in [-0.2, 0) is 14.3 Å². The van der Waals surface area contributed by atoms with Crippen molar-refractivity contribution in [3.63, 3.8) is 0 Å². The average Bonchev–Trinajstić information content (AvgIpc) is 2.52. The van der Waals surface area contributed by atoms with Gasteiger partial charge in [0.15, 0.2) is 5.17 Å². The summed E-state index contributed by atoms with van der Waals surface area (Å²) < 4.78 is 6.06. The van der Waals surface area contributed by atoms with Crippen LogP contribution >= 0.6 is 27.7 Å². The lowest BCUT2D eigenvalue weighted by molar-refractivity contribution is -0.139. The minimum Gasteiger partial charge on any atom is -0.463 e. The van der Waals surface area contributed by atoms with Crippen LogP contribution < -0.4 is 11.1 Å². The van der Waals surface area contributed by atoms with Crippen LogP contribution in [0.25, 0.3) is 0 Å². The Kier molecular flexibility index (Phi) is 6.44. The van der Waals surface area contributed by atoms with Crippen molar-refractivity contribution in [2.75, 3.05) is 12.4 Å². The summed E-state index contributed by atoms with van der Waals surface area (Å²) in [5, 5.41) is 3.59. The van der Waals surface area contributed by atoms with Crippen molar-refractivity contribution in [2.24, 2.45) is 10.7 Å². The number of nitrogens with zero attached hydrogens (tertiary/aromatic N) is 1. The van der Waals surface area contributed by atoms with E-state index in [1.807, 2.05) is 24.3 Å². The number of rotatable bonds is 5. The molecule has 2 rings (SSSR count). The van der Waals surface area contributed by atoms with Crippen LogP contribution in [-0.4, -0.2) is 29.4 Å². The molecule has 1 heterocycles. The highest BCUT2D eigenvalue weighted by atomic mass is 79.9. The molecule has 128 valence electrons. The van der Waals surface area contributed by atoms with Crippen LogP contribution in [0.1, 0.15) is 25.5 Å². The monoisotopic (exact) mass is 411 g/mol. The first-order valence-electron chi connectivity index (χ1n) is 7.31. The molecule has 1 atom stereocenters. The van der Waals surface area contributed by atoms with Crippen molar-refractivity contribution in [3.8, 4) is 0 Å². The molecule has 0 unspecified atom stereocenters. The molecular weight excluding hydrogens is 394 g/mol. The van der Waals surface area contributed by atoms with Gasteiger partial charge in [0.2, 0.25) is 5.91 Å². The number of ether oxygens (including phenoxy) is 1. The lowest BCUT2D eigenvalue weighted by Crippen LogP contribution is -2.31. The molecule has 24 heavy (non-hydrogen) atoms. The number of amides is 1. The third-order valence-corrected chi connectivity index (χ3v) is 4.63. The molecule has 1 aromatic rings. The second kappa shape index (κ2) is 8.34. The van der Waals surface area contributed by atoms with Crippen molar-refractivity contribution in [2.45, 2.75) is 19.9 Å². The Balaban J connectivity index is 2.40. The number of hydrogen-bond donors (Lipinski definition) is 2. The van der Waals surface area contributed by atoms with Gasteiger partial charge in [0.05, 0.1) is 17.9 Å². The molecule has 0 radical (unpaired) electrons. The van der Waals surface area contributed by atoms with Gasteiger partial charge >= 0.3 is 5.97 Å². The number of allylic oxidation sites excluding steroid dienone is 1. The molecule has 0 aliphatic carbocycles. The van der Waals surface area contributed by atoms with Crippen molar-refractivity contribution in [1.29, 1.82) is 0 Å². The minimum absolute atomic E-state index is 0.110. The highest BCUT2D eigenvalue weighted by molar-refractivity contribution is 9.10. The SMILES string of the molecule is CCOC(=O)C1=C(C)NC(SCC(N)=O)=N[C@H]1c1cccc(Br)c1. The van der Waals surface area contributed by atoms with E-state index >= 15 is 0 Å². The van der Waals surface area contributed by atoms with Crippen molar-refractivity contribution in [1.82, 2.24) is 5.32 Å². The number of nitrogens with two attached hydrogens (primary N) is 1. The number of nitrogens with one attached hydrogen (secondary N) is 1. The fourth-order valence-electron chi connectivity index (χ4n) is 2.25. The zero-order chi connectivity index (χ0) is 17.7. The van der Waals surface area contributed by atoms with E-state index in [4.69, 9.17) is 10.5 Å². The molecule has 1 aliphatic heterocycles. The summed E-state index contributed by atoms with van der Waals surface area (Å²) in [6, 6.07) is 7.08. The summed E-state index contributed by atoms with van der Waals surface area (Å²) >= 11 is 4.64. The highest BCUT2D eigenvalue weighted by Crippen LogP contribution is 2.33. The molecule has 0 aromatic heterocycles. The Morgan fingerprint density at radius 3 is 2.83 bits per heavy atom. The number of amidine groups is 1. The summed E-state index contributed by atoms with van der Waals surface area (Å²) in [6.45, 7) is 3.83. The van der Waals surface area contributed by atoms with Gasteiger partial charge < -0.3 is 15.8 Å². The number of carbonyl (C=O) groups excluding carboxylic acids is 2. The van der Waals surface area contributed by atoms with Gasteiger partial charge in [0.1, 0.15) is 6.04 Å². The first-order chi connectivity index (χ1) is 11.4. The van der Waals surface area contributed by atoms with E-state index < -0.39 is 17.9 Å². The Bertz CT molecular complexity index is 718. The van der Waals surface area contributed by atoms with Gasteiger partial charge in [-0.2, -0.15) is 0 Å². The largest absolute Gasteiger partial charge is 0.463 e. The second-order valence-corrected chi connectivity index (χ2v) is 6.91. The quantitative estimate of drug-likeness (QED) is 0.725. The molecular formula is C16H18BrN3O3S. The highest BCUT2D eigenvalue weighted by Gasteiger charge is 2.30. The molecule has 0 bridgehead atoms. The molecule has 0 saturated carbocycles. The molecule has 1 amide bonds. The second-order valence-electron chi connectivity index (χ2n) is 5.03. The van der Waals surface area contributed by atoms with Crippen LogP contribution in [0, 0.1) is 0 Å². The summed E-state index contributed by atoms with van der Waals surface area (Å²) in [7, 11) is 0. The molecule has 0 saturated heterocycles. The number of thioether (sulfide) groups is 1. The van der Waals surface area contributed by atoms with Crippen molar-refractivity contribution in [3.05, 3.63) is 45.6 Å². The zero-order valence-electron chi connectivity index (χ0n) is 13.3. The van der Waals surface area contributed by atoms with E-state index in [1.165, 1.54) is 11.8 Å². The standard InChI is InChI=1S/C16H18BrN3O3S/c1-3-23-15(22)13-9(2)19-16(24-8-12(18)21)20-14(13)10-5-4-6-11(17)7-10/h4-7,14H,3,8H2,1-2H3,(H2,18,21)(H,19,20)/t14-/m0/s1. The van der Waals surface area contributed by atoms with Crippen LogP contribution in [0.5, 0.6) is 0 Å². The number of hydrogen-bond acceptors (Lipinski definition) is 6. The number of esters is 1. The molecule has 1 aromatic carbocycles. The zero-order valence-corrected chi connectivity index (χ0v) is 15.7. The predicted molar refractivity (Wildman–Crippen MR) is 98.4 cm³/mol. The average molecular weight is 412 g/mol. The van der Waals surface area contributed by atoms with Gasteiger partial charge in [0, 0.05) is 10.2 Å². The minimum atomic E-state index is -0.502. The van der Waals surface area contributed by atoms with Crippen LogP contribution in [0.2, 0.25) is 0 Å². The third-order valence-electron chi connectivity index (χ3n) is 3.23. The molecule has 6 nitrogen and oxygen atoms in total. The first kappa shape index (κ1) is 18.5. The van der Waals surface area contributed by atoms with E-state index in [2.05, 4.69) is 26.2 Å². The lowest BCUT2D eigenvalue weighted by atomic mass is 9.97. The van der Waals surface area contributed by atoms with Gasteiger partial charge in [0.25, 0.3) is 0 Å². The first-order valence-corrected chi connectivity index (χ1v) is 9.09. The Morgan fingerprint density at radius 2 is 2.21 bits per heavy atom. The van der Waals surface area contributed by atoms with Crippen LogP contribution in [0.3, 0.4) is 0 Å². The fourth-order valence-corrected chi connectivity index (χ4v) is 3.35. The normalized spacial score (nSPS) is 17.1. The van der Waals surface area contributed by atoms with Gasteiger partial charge in [-0.05, 0) is 31.5 Å². The number of benzene rings is 1. The molecule has 1 aliphatic rings. The van der Waals surface area contributed by atoms with E-state index in [9.17, 15) is 9.59 Å². The van der Waals surface area contributed by atoms with Gasteiger partial charge in [-0.1, -0.05) is 39.8 Å². The summed E-state index contributed by atoms with van der Waals surface area (Å²) in [5.41, 5.74) is 7.15. The molecule has 0 spiro atoms. The summed E-state index contributed by atoms with van der Waals surface area (Å²) in [6.07, 6.45) is 0. The van der Waals surface area contributed by atoms with Crippen LogP contribution in [0.4, 0.5) is 0 Å². The smallest absolute Gasteiger partial charge is 0.338 e. The Hall–Kier alpha value is -1.80. The third kappa shape index (κ3) is 4.61. The molecule has 3 N–H and O–H groups in total. The number of aliphatic imine (C=N–C) groups is 1. The maximum Gasteiger partial charge on any atom is 0.338 e. The maximum absolute atomic E-state index is 12.4. The van der Waals surface area contributed by atoms with Gasteiger partial charge in [-0.15, -0.1) is 0 Å². The van der Waals surface area contributed by atoms with E-state index in [1.54, 1.807) is 13.8 Å². The maximum atomic E-state index is 12.4. The van der Waals surface area contributed by atoms with Crippen LogP contribution in [0.15, 0.2) is 45.0 Å². The number of carbonyl (C=O) groups is 2. The predicted octanol–water partition coefficient (Wildman–Crippen LogP) is 2.51. The van der Waals surface area contributed by atoms with E-state index in [0.29, 0.717) is 16.4 Å². The Morgan fingerprint density at radius 1 is 1.46 bits per heavy atom. The summed E-state index contributed by atoms with van der Waals surface area (Å²) in [4.78, 5) is 28.0. The topological polar surface area (TPSA) is 93.8 Å².